The highest BCUT2D eigenvalue weighted by Gasteiger charge is 2.64. The van der Waals surface area contributed by atoms with Crippen molar-refractivity contribution in [1.29, 1.82) is 0 Å². The number of ether oxygens (including phenoxy) is 1. The van der Waals surface area contributed by atoms with Gasteiger partial charge in [0.05, 0.1) is 5.60 Å². The van der Waals surface area contributed by atoms with Gasteiger partial charge >= 0.3 is 0 Å². The smallest absolute Gasteiger partial charge is 0.181 e. The second kappa shape index (κ2) is 4.71. The summed E-state index contributed by atoms with van der Waals surface area (Å²) >= 11 is 0. The Morgan fingerprint density at radius 3 is 2.74 bits per heavy atom. The average Bonchev–Trinajstić information content (AvgIpc) is 2.80. The van der Waals surface area contributed by atoms with Crippen molar-refractivity contribution in [3.05, 3.63) is 11.6 Å². The van der Waals surface area contributed by atoms with Crippen LogP contribution in [0.2, 0.25) is 0 Å². The first-order valence-electron chi connectivity index (χ1n) is 8.92. The molecule has 124 valence electrons. The fourth-order valence-electron chi connectivity index (χ4n) is 6.31. The summed E-state index contributed by atoms with van der Waals surface area (Å²) in [7, 11) is 0. The lowest BCUT2D eigenvalue weighted by Crippen LogP contribution is -2.57. The van der Waals surface area contributed by atoms with E-state index in [0.29, 0.717) is 24.2 Å². The molecule has 3 saturated carbocycles. The molecule has 0 aromatic carbocycles. The lowest BCUT2D eigenvalue weighted by atomic mass is 9.50. The van der Waals surface area contributed by atoms with Crippen LogP contribution in [0.3, 0.4) is 0 Å². The first-order chi connectivity index (χ1) is 10.8. The van der Waals surface area contributed by atoms with E-state index in [1.54, 1.807) is 0 Å². The zero-order valence-electron chi connectivity index (χ0n) is 14.1. The maximum atomic E-state index is 11.7. The van der Waals surface area contributed by atoms with Crippen LogP contribution in [0.15, 0.2) is 11.6 Å². The van der Waals surface area contributed by atoms with E-state index in [-0.39, 0.29) is 23.4 Å². The molecule has 3 nitrogen and oxygen atoms in total. The highest BCUT2D eigenvalue weighted by Crippen LogP contribution is 2.65. The second-order valence-corrected chi connectivity index (χ2v) is 8.45. The molecule has 1 heterocycles. The number of hydrogen-bond donors (Lipinski definition) is 1. The molecule has 4 aliphatic rings. The number of terminal acetylenes is 1. The van der Waals surface area contributed by atoms with E-state index in [1.807, 2.05) is 6.08 Å². The minimum Gasteiger partial charge on any atom is -0.377 e. The molecule has 3 fully saturated rings. The molecule has 1 N–H and O–H groups in total. The molecule has 0 spiro atoms. The molecule has 0 aromatic rings. The van der Waals surface area contributed by atoms with Gasteiger partial charge in [-0.05, 0) is 74.9 Å². The predicted octanol–water partition coefficient (Wildman–Crippen LogP) is 2.87. The van der Waals surface area contributed by atoms with Crippen LogP contribution in [0.4, 0.5) is 0 Å². The molecule has 3 heteroatoms. The third-order valence-corrected chi connectivity index (χ3v) is 7.77. The van der Waals surface area contributed by atoms with Crippen molar-refractivity contribution in [3.63, 3.8) is 0 Å². The van der Waals surface area contributed by atoms with Crippen LogP contribution in [0.25, 0.3) is 0 Å². The maximum Gasteiger partial charge on any atom is 0.181 e. The van der Waals surface area contributed by atoms with Gasteiger partial charge in [-0.25, -0.2) is 0 Å². The first-order valence-corrected chi connectivity index (χ1v) is 8.92. The van der Waals surface area contributed by atoms with Crippen molar-refractivity contribution in [3.8, 4) is 12.3 Å². The number of aliphatic hydroxyl groups is 1. The van der Waals surface area contributed by atoms with Gasteiger partial charge in [0.2, 0.25) is 0 Å². The van der Waals surface area contributed by atoms with Gasteiger partial charge in [0.1, 0.15) is 12.2 Å². The van der Waals surface area contributed by atoms with E-state index in [0.717, 1.165) is 32.1 Å². The molecule has 0 unspecified atom stereocenters. The Kier molecular flexibility index (Phi) is 3.16. The van der Waals surface area contributed by atoms with Crippen LogP contribution in [0, 0.1) is 35.5 Å². The SMILES string of the molecule is C#C[C@]1(O)CC[C@H]2[C@@H]3CCC4=CC(=O)CO[C@]4(C)[C@H]3CC[C@@]21C. The molecular weight excluding hydrogens is 288 g/mol. The summed E-state index contributed by atoms with van der Waals surface area (Å²) in [4.78, 5) is 11.7. The van der Waals surface area contributed by atoms with Gasteiger partial charge in [-0.3, -0.25) is 4.79 Å². The van der Waals surface area contributed by atoms with Crippen LogP contribution in [0.5, 0.6) is 0 Å². The fraction of sp³-hybridized carbons (Fsp3) is 0.750. The van der Waals surface area contributed by atoms with E-state index < -0.39 is 5.60 Å². The van der Waals surface area contributed by atoms with E-state index in [4.69, 9.17) is 11.2 Å². The lowest BCUT2D eigenvalue weighted by Gasteiger charge is -2.57. The Balaban J connectivity index is 1.70. The lowest BCUT2D eigenvalue weighted by molar-refractivity contribution is -0.155. The minimum atomic E-state index is -0.955. The maximum absolute atomic E-state index is 11.7. The number of carbonyl (C=O) groups excluding carboxylic acids is 1. The molecule has 0 bridgehead atoms. The normalized spacial score (nSPS) is 52.0. The molecule has 6 atom stereocenters. The Hall–Kier alpha value is -1.11. The van der Waals surface area contributed by atoms with Crippen molar-refractivity contribution in [2.75, 3.05) is 6.61 Å². The summed E-state index contributed by atoms with van der Waals surface area (Å²) in [6, 6.07) is 0. The zero-order chi connectivity index (χ0) is 16.5. The molecule has 0 radical (unpaired) electrons. The topological polar surface area (TPSA) is 46.5 Å². The zero-order valence-corrected chi connectivity index (χ0v) is 14.1. The standard InChI is InChI=1S/C20H26O3/c1-4-20(22)10-8-16-15-6-5-13-11-14(21)12-23-19(13,3)17(15)7-9-18(16,20)2/h1,11,15-17,22H,5-10,12H2,2-3H3/t15-,16-,17-,18-,19-,20-/m0/s1. The number of fused-ring (bicyclic) bond motifs is 5. The van der Waals surface area contributed by atoms with Gasteiger partial charge < -0.3 is 9.84 Å². The van der Waals surface area contributed by atoms with Crippen molar-refractivity contribution in [2.45, 2.75) is 63.6 Å². The monoisotopic (exact) mass is 314 g/mol. The Morgan fingerprint density at radius 2 is 2.00 bits per heavy atom. The summed E-state index contributed by atoms with van der Waals surface area (Å²) in [5, 5.41) is 11.0. The van der Waals surface area contributed by atoms with Gasteiger partial charge in [-0.1, -0.05) is 12.8 Å². The van der Waals surface area contributed by atoms with E-state index in [2.05, 4.69) is 19.8 Å². The molecule has 4 rings (SSSR count). The molecule has 0 saturated heterocycles. The van der Waals surface area contributed by atoms with E-state index in [9.17, 15) is 9.90 Å². The fourth-order valence-corrected chi connectivity index (χ4v) is 6.31. The largest absolute Gasteiger partial charge is 0.377 e. The third kappa shape index (κ3) is 1.83. The molecule has 0 amide bonds. The average molecular weight is 314 g/mol. The molecular formula is C20H26O3. The predicted molar refractivity (Wildman–Crippen MR) is 87.5 cm³/mol. The summed E-state index contributed by atoms with van der Waals surface area (Å²) in [5.74, 6) is 4.24. The van der Waals surface area contributed by atoms with Gasteiger partial charge in [0.25, 0.3) is 0 Å². The number of rotatable bonds is 0. The first kappa shape index (κ1) is 15.4. The molecule has 1 aliphatic heterocycles. The Morgan fingerprint density at radius 1 is 1.26 bits per heavy atom. The van der Waals surface area contributed by atoms with Gasteiger partial charge in [-0.2, -0.15) is 0 Å². The van der Waals surface area contributed by atoms with Gasteiger partial charge in [-0.15, -0.1) is 6.42 Å². The summed E-state index contributed by atoms with van der Waals surface area (Å²) < 4.78 is 6.09. The van der Waals surface area contributed by atoms with Crippen LogP contribution < -0.4 is 0 Å². The quantitative estimate of drug-likeness (QED) is 0.699. The third-order valence-electron chi connectivity index (χ3n) is 7.77. The van der Waals surface area contributed by atoms with Crippen molar-refractivity contribution in [2.24, 2.45) is 23.2 Å². The highest BCUT2D eigenvalue weighted by atomic mass is 16.5. The van der Waals surface area contributed by atoms with Crippen LogP contribution >= 0.6 is 0 Å². The van der Waals surface area contributed by atoms with Gasteiger partial charge in [0.15, 0.2) is 5.78 Å². The van der Waals surface area contributed by atoms with Crippen LogP contribution in [0.1, 0.15) is 52.4 Å². The van der Waals surface area contributed by atoms with E-state index >= 15 is 0 Å². The van der Waals surface area contributed by atoms with Gasteiger partial charge in [0, 0.05) is 5.41 Å². The second-order valence-electron chi connectivity index (χ2n) is 8.45. The Labute approximate surface area is 138 Å². The van der Waals surface area contributed by atoms with Crippen LogP contribution in [-0.4, -0.2) is 28.7 Å². The number of ketones is 1. The van der Waals surface area contributed by atoms with Crippen molar-refractivity contribution < 1.29 is 14.6 Å². The minimum absolute atomic E-state index is 0.0964. The van der Waals surface area contributed by atoms with Crippen LogP contribution in [-0.2, 0) is 9.53 Å². The van der Waals surface area contributed by atoms with Crippen molar-refractivity contribution >= 4 is 5.78 Å². The van der Waals surface area contributed by atoms with Crippen molar-refractivity contribution in [1.82, 2.24) is 0 Å². The summed E-state index contributed by atoms with van der Waals surface area (Å²) in [5.41, 5.74) is -0.243. The molecule has 0 aromatic heterocycles. The molecule has 3 aliphatic carbocycles. The number of carbonyl (C=O) groups is 1. The highest BCUT2D eigenvalue weighted by molar-refractivity contribution is 5.92. The summed E-state index contributed by atoms with van der Waals surface area (Å²) in [6.07, 6.45) is 13.2. The summed E-state index contributed by atoms with van der Waals surface area (Å²) in [6.45, 7) is 4.58. The van der Waals surface area contributed by atoms with E-state index in [1.165, 1.54) is 5.57 Å². The molecule has 23 heavy (non-hydrogen) atoms. The number of hydrogen-bond acceptors (Lipinski definition) is 3. The Bertz CT molecular complexity index is 629.